The van der Waals surface area contributed by atoms with E-state index >= 15 is 4.39 Å². The van der Waals surface area contributed by atoms with Crippen LogP contribution in [0.3, 0.4) is 0 Å². The molecule has 3 amide bonds. The fourth-order valence-electron chi connectivity index (χ4n) is 4.11. The Morgan fingerprint density at radius 2 is 2.06 bits per heavy atom. The van der Waals surface area contributed by atoms with Crippen molar-refractivity contribution in [3.05, 3.63) is 58.9 Å². The number of halogens is 1. The van der Waals surface area contributed by atoms with Gasteiger partial charge < -0.3 is 20.3 Å². The average molecular weight is 452 g/mol. The molecule has 0 spiro atoms. The summed E-state index contributed by atoms with van der Waals surface area (Å²) >= 11 is 0. The van der Waals surface area contributed by atoms with Gasteiger partial charge in [-0.05, 0) is 43.2 Å². The molecule has 2 aliphatic rings. The summed E-state index contributed by atoms with van der Waals surface area (Å²) in [5, 5.41) is 14.6. The molecule has 8 nitrogen and oxygen atoms in total. The van der Waals surface area contributed by atoms with Gasteiger partial charge in [-0.15, -0.1) is 0 Å². The maximum absolute atomic E-state index is 15.5. The Morgan fingerprint density at radius 3 is 2.70 bits per heavy atom. The number of nitriles is 1. The predicted molar refractivity (Wildman–Crippen MR) is 119 cm³/mol. The number of nitrogens with zero attached hydrogens (tertiary/aromatic N) is 3. The molecule has 2 aliphatic heterocycles. The Bertz CT molecular complexity index is 1070. The van der Waals surface area contributed by atoms with Crippen LogP contribution >= 0.6 is 0 Å². The molecule has 0 saturated carbocycles. The van der Waals surface area contributed by atoms with Gasteiger partial charge in [-0.2, -0.15) is 5.26 Å². The number of aryl methyl sites for hydroxylation is 1. The van der Waals surface area contributed by atoms with Crippen molar-refractivity contribution < 1.29 is 18.7 Å². The third kappa shape index (κ3) is 5.12. The molecule has 9 heteroatoms. The van der Waals surface area contributed by atoms with Gasteiger partial charge in [0.15, 0.2) is 5.67 Å². The zero-order chi connectivity index (χ0) is 23.4. The van der Waals surface area contributed by atoms with Crippen LogP contribution in [0, 0.1) is 18.3 Å². The lowest BCUT2D eigenvalue weighted by Gasteiger charge is -2.36. The summed E-state index contributed by atoms with van der Waals surface area (Å²) in [6.07, 6.45) is 2.39. The largest absolute Gasteiger partial charge is 0.379 e. The molecule has 33 heavy (non-hydrogen) atoms. The van der Waals surface area contributed by atoms with Crippen LogP contribution in [0.1, 0.15) is 46.4 Å². The molecule has 2 fully saturated rings. The minimum absolute atomic E-state index is 0.0185. The molecular weight excluding hydrogens is 425 g/mol. The number of carbonyl (C=O) groups is 2. The second-order valence-corrected chi connectivity index (χ2v) is 8.49. The zero-order valence-corrected chi connectivity index (χ0v) is 18.4. The first-order valence-electron chi connectivity index (χ1n) is 11.0. The maximum Gasteiger partial charge on any atom is 0.319 e. The summed E-state index contributed by atoms with van der Waals surface area (Å²) in [5.41, 5.74) is 0.849. The normalized spacial score (nSPS) is 19.5. The van der Waals surface area contributed by atoms with E-state index in [0.717, 1.165) is 12.0 Å². The molecule has 1 atom stereocenters. The van der Waals surface area contributed by atoms with E-state index in [2.05, 4.69) is 15.6 Å². The number of piperidine rings is 1. The number of benzene rings is 1. The molecule has 0 radical (unpaired) electrons. The van der Waals surface area contributed by atoms with Crippen LogP contribution in [0.15, 0.2) is 36.5 Å². The number of rotatable bonds is 4. The second kappa shape index (κ2) is 9.55. The van der Waals surface area contributed by atoms with Crippen molar-refractivity contribution in [2.24, 2.45) is 0 Å². The Hall–Kier alpha value is -3.51. The fourth-order valence-corrected chi connectivity index (χ4v) is 4.11. The van der Waals surface area contributed by atoms with E-state index in [0.29, 0.717) is 30.0 Å². The summed E-state index contributed by atoms with van der Waals surface area (Å²) in [4.78, 5) is 31.1. The van der Waals surface area contributed by atoms with Crippen LogP contribution < -0.4 is 10.6 Å². The first kappa shape index (κ1) is 22.7. The molecule has 4 rings (SSSR count). The summed E-state index contributed by atoms with van der Waals surface area (Å²) < 4.78 is 20.7. The van der Waals surface area contributed by atoms with Crippen molar-refractivity contribution in [1.29, 1.82) is 5.26 Å². The summed E-state index contributed by atoms with van der Waals surface area (Å²) in [6, 6.07) is 9.86. The molecule has 2 aromatic rings. The molecule has 1 aromatic carbocycles. The van der Waals surface area contributed by atoms with Gasteiger partial charge in [-0.1, -0.05) is 6.07 Å². The number of carbonyl (C=O) groups excluding carboxylic acids is 2. The Labute approximate surface area is 191 Å². The third-order valence-corrected chi connectivity index (χ3v) is 6.19. The Kier molecular flexibility index (Phi) is 6.56. The second-order valence-electron chi connectivity index (χ2n) is 8.49. The van der Waals surface area contributed by atoms with Crippen LogP contribution in [0.5, 0.6) is 0 Å². The number of ether oxygens (including phenoxy) is 1. The fraction of sp³-hybridized carbons (Fsp3) is 0.417. The number of hydrogen-bond donors (Lipinski definition) is 2. The lowest BCUT2D eigenvalue weighted by Crippen LogP contribution is -2.43. The van der Waals surface area contributed by atoms with Crippen molar-refractivity contribution in [3.63, 3.8) is 0 Å². The predicted octanol–water partition coefficient (Wildman–Crippen LogP) is 3.27. The highest BCUT2D eigenvalue weighted by atomic mass is 19.1. The molecule has 1 aromatic heterocycles. The quantitative estimate of drug-likeness (QED) is 0.742. The van der Waals surface area contributed by atoms with E-state index in [1.807, 2.05) is 13.0 Å². The van der Waals surface area contributed by atoms with Gasteiger partial charge in [0.1, 0.15) is 6.07 Å². The minimum Gasteiger partial charge on any atom is -0.379 e. The van der Waals surface area contributed by atoms with Crippen LogP contribution in [-0.4, -0.2) is 54.2 Å². The van der Waals surface area contributed by atoms with E-state index in [9.17, 15) is 9.59 Å². The molecule has 0 aliphatic carbocycles. The highest BCUT2D eigenvalue weighted by Gasteiger charge is 2.39. The van der Waals surface area contributed by atoms with Crippen molar-refractivity contribution in [1.82, 2.24) is 15.2 Å². The molecule has 0 bridgehead atoms. The summed E-state index contributed by atoms with van der Waals surface area (Å²) in [7, 11) is 0. The number of hydrogen-bond acceptors (Lipinski definition) is 5. The molecule has 0 unspecified atom stereocenters. The average Bonchev–Trinajstić information content (AvgIpc) is 3.33. The van der Waals surface area contributed by atoms with Crippen LogP contribution in [0.25, 0.3) is 0 Å². The number of amides is 3. The molecule has 2 N–H and O–H groups in total. The molecule has 172 valence electrons. The zero-order valence-electron chi connectivity index (χ0n) is 18.4. The summed E-state index contributed by atoms with van der Waals surface area (Å²) in [5.74, 6) is -0.211. The van der Waals surface area contributed by atoms with Crippen LogP contribution in [0.4, 0.5) is 14.9 Å². The van der Waals surface area contributed by atoms with Crippen molar-refractivity contribution >= 4 is 17.6 Å². The van der Waals surface area contributed by atoms with Crippen LogP contribution in [-0.2, 0) is 10.4 Å². The number of anilines is 1. The van der Waals surface area contributed by atoms with Gasteiger partial charge in [0.2, 0.25) is 0 Å². The Balaban J connectivity index is 1.39. The maximum atomic E-state index is 15.5. The van der Waals surface area contributed by atoms with E-state index in [1.54, 1.807) is 29.2 Å². The molecular formula is C24H26FN5O3. The van der Waals surface area contributed by atoms with E-state index in [4.69, 9.17) is 10.00 Å². The number of urea groups is 1. The van der Waals surface area contributed by atoms with Gasteiger partial charge in [0, 0.05) is 50.0 Å². The van der Waals surface area contributed by atoms with Gasteiger partial charge in [-0.3, -0.25) is 9.78 Å². The smallest absolute Gasteiger partial charge is 0.319 e. The SMILES string of the molecule is Cc1ccc(C(=O)N2CCC(F)(c3ccc(C#N)cn3)CC2)cc1NC(=O)N[C@@H]1CCOC1. The van der Waals surface area contributed by atoms with Crippen molar-refractivity contribution in [2.45, 2.75) is 37.9 Å². The number of pyridine rings is 1. The summed E-state index contributed by atoms with van der Waals surface area (Å²) in [6.45, 7) is 3.47. The highest BCUT2D eigenvalue weighted by Crippen LogP contribution is 2.36. The third-order valence-electron chi connectivity index (χ3n) is 6.19. The van der Waals surface area contributed by atoms with E-state index < -0.39 is 5.67 Å². The van der Waals surface area contributed by atoms with Gasteiger partial charge in [0.25, 0.3) is 5.91 Å². The first-order chi connectivity index (χ1) is 15.9. The standard InChI is InChI=1S/C24H26FN5O3/c1-16-2-4-18(12-20(16)29-23(32)28-19-6-11-33-15-19)22(31)30-9-7-24(25,8-10-30)21-5-3-17(13-26)14-27-21/h2-5,12,14,19H,6-11,15H2,1H3,(H2,28,29,32)/t19-/m1/s1. The van der Waals surface area contributed by atoms with Gasteiger partial charge in [0.05, 0.1) is 23.9 Å². The highest BCUT2D eigenvalue weighted by molar-refractivity contribution is 5.97. The van der Waals surface area contributed by atoms with Gasteiger partial charge >= 0.3 is 6.03 Å². The van der Waals surface area contributed by atoms with E-state index in [-0.39, 0.29) is 49.6 Å². The first-order valence-corrected chi connectivity index (χ1v) is 11.0. The monoisotopic (exact) mass is 451 g/mol. The minimum atomic E-state index is -1.63. The molecule has 3 heterocycles. The molecule has 2 saturated heterocycles. The Morgan fingerprint density at radius 1 is 1.27 bits per heavy atom. The topological polar surface area (TPSA) is 107 Å². The van der Waals surface area contributed by atoms with E-state index in [1.165, 1.54) is 12.3 Å². The van der Waals surface area contributed by atoms with Crippen molar-refractivity contribution in [3.8, 4) is 6.07 Å². The van der Waals surface area contributed by atoms with Gasteiger partial charge in [-0.25, -0.2) is 9.18 Å². The lowest BCUT2D eigenvalue weighted by atomic mass is 9.89. The lowest BCUT2D eigenvalue weighted by molar-refractivity contribution is 0.0402. The number of nitrogens with one attached hydrogen (secondary N) is 2. The van der Waals surface area contributed by atoms with Crippen LogP contribution in [0.2, 0.25) is 0 Å². The number of alkyl halides is 1. The number of aromatic nitrogens is 1. The van der Waals surface area contributed by atoms with Crippen molar-refractivity contribution in [2.75, 3.05) is 31.6 Å². The number of likely N-dealkylation sites (tertiary alicyclic amines) is 1.